The number of likely N-dealkylation sites (tertiary alicyclic amines) is 1. The van der Waals surface area contributed by atoms with E-state index in [1.54, 1.807) is 35.2 Å². The Hall–Kier alpha value is -2.23. The van der Waals surface area contributed by atoms with Gasteiger partial charge in [-0.2, -0.15) is 0 Å². The van der Waals surface area contributed by atoms with Gasteiger partial charge in [0, 0.05) is 17.9 Å². The molecule has 2 N–H and O–H groups in total. The van der Waals surface area contributed by atoms with Crippen molar-refractivity contribution in [2.45, 2.75) is 54.8 Å². The van der Waals surface area contributed by atoms with Gasteiger partial charge in [0.25, 0.3) is 0 Å². The summed E-state index contributed by atoms with van der Waals surface area (Å²) in [6.45, 7) is 6.19. The highest BCUT2D eigenvalue weighted by Crippen LogP contribution is 2.61. The number of carboxylic acid groups (broad SMARTS) is 1. The Morgan fingerprint density at radius 3 is 2.68 bits per heavy atom. The van der Waals surface area contributed by atoms with E-state index in [9.17, 15) is 24.6 Å². The number of benzene rings is 1. The highest BCUT2D eigenvalue weighted by Gasteiger charge is 2.77. The van der Waals surface area contributed by atoms with Crippen molar-refractivity contribution in [3.63, 3.8) is 0 Å². The third-order valence-corrected chi connectivity index (χ3v) is 8.23. The van der Waals surface area contributed by atoms with Gasteiger partial charge >= 0.3 is 5.97 Å². The summed E-state index contributed by atoms with van der Waals surface area (Å²) in [6, 6.07) is 7.17. The normalized spacial score (nSPS) is 32.5. The number of aliphatic hydroxyl groups excluding tert-OH is 1. The Balaban J connectivity index is 1.84. The number of fused-ring (bicyclic) bond motifs is 1. The number of unbranched alkanes of at least 4 members (excludes halogenated alkanes) is 1. The Morgan fingerprint density at radius 2 is 2.09 bits per heavy atom. The van der Waals surface area contributed by atoms with Crippen LogP contribution in [0.5, 0.6) is 0 Å². The SMILES string of the molecule is C=CCN(CCCC)C(=O)C1N([C@H](CO)c2ccccc2)C(=O)[C@@H]2[C@H](C(=O)O)[C@H]3OC12CC3Br. The molecule has 1 aromatic rings. The van der Waals surface area contributed by atoms with E-state index >= 15 is 0 Å². The fourth-order valence-electron chi connectivity index (χ4n) is 5.96. The van der Waals surface area contributed by atoms with Crippen molar-refractivity contribution < 1.29 is 29.3 Å². The molecule has 3 saturated heterocycles. The maximum absolute atomic E-state index is 14.1. The number of rotatable bonds is 10. The highest BCUT2D eigenvalue weighted by atomic mass is 79.9. The molecule has 1 aromatic carbocycles. The Labute approximate surface area is 207 Å². The maximum Gasteiger partial charge on any atom is 0.310 e. The fraction of sp³-hybridized carbons (Fsp3) is 0.560. The van der Waals surface area contributed by atoms with E-state index in [1.165, 1.54) is 4.90 Å². The van der Waals surface area contributed by atoms with Crippen molar-refractivity contribution in [3.8, 4) is 0 Å². The molecule has 2 amide bonds. The number of alkyl halides is 1. The van der Waals surface area contributed by atoms with E-state index in [0.717, 1.165) is 12.8 Å². The van der Waals surface area contributed by atoms with Crippen molar-refractivity contribution in [1.29, 1.82) is 0 Å². The third kappa shape index (κ3) is 3.78. The number of hydrogen-bond acceptors (Lipinski definition) is 5. The van der Waals surface area contributed by atoms with Crippen LogP contribution in [0.2, 0.25) is 0 Å². The van der Waals surface area contributed by atoms with Crippen LogP contribution in [0.1, 0.15) is 37.8 Å². The molecule has 3 aliphatic rings. The van der Waals surface area contributed by atoms with Crippen LogP contribution in [0.3, 0.4) is 0 Å². The summed E-state index contributed by atoms with van der Waals surface area (Å²) < 4.78 is 6.32. The van der Waals surface area contributed by atoms with Crippen LogP contribution in [0.4, 0.5) is 0 Å². The lowest BCUT2D eigenvalue weighted by Gasteiger charge is -2.39. The van der Waals surface area contributed by atoms with Gasteiger partial charge in [0.1, 0.15) is 11.6 Å². The summed E-state index contributed by atoms with van der Waals surface area (Å²) in [5.41, 5.74) is -0.600. The number of aliphatic carboxylic acids is 1. The molecule has 3 fully saturated rings. The molecule has 184 valence electrons. The van der Waals surface area contributed by atoms with Gasteiger partial charge in [0.05, 0.1) is 30.6 Å². The van der Waals surface area contributed by atoms with Gasteiger partial charge in [-0.3, -0.25) is 14.4 Å². The number of aliphatic hydroxyl groups is 1. The summed E-state index contributed by atoms with van der Waals surface area (Å²) in [6.07, 6.45) is 2.95. The molecule has 0 saturated carbocycles. The van der Waals surface area contributed by atoms with Crippen LogP contribution < -0.4 is 0 Å². The Kier molecular flexibility index (Phi) is 7.17. The summed E-state index contributed by atoms with van der Waals surface area (Å²) in [5.74, 6) is -3.93. The van der Waals surface area contributed by atoms with Crippen LogP contribution in [0.25, 0.3) is 0 Å². The maximum atomic E-state index is 14.1. The second-order valence-electron chi connectivity index (χ2n) is 9.28. The Morgan fingerprint density at radius 1 is 1.38 bits per heavy atom. The average Bonchev–Trinajstić information content (AvgIpc) is 3.41. The van der Waals surface area contributed by atoms with Crippen molar-refractivity contribution in [2.24, 2.45) is 11.8 Å². The molecule has 2 bridgehead atoms. The lowest BCUT2D eigenvalue weighted by molar-refractivity contribution is -0.153. The van der Waals surface area contributed by atoms with Gasteiger partial charge in [-0.05, 0) is 18.4 Å². The largest absolute Gasteiger partial charge is 0.481 e. The minimum atomic E-state index is -1.27. The van der Waals surface area contributed by atoms with Crippen molar-refractivity contribution in [1.82, 2.24) is 9.80 Å². The van der Waals surface area contributed by atoms with Gasteiger partial charge in [-0.25, -0.2) is 0 Å². The highest BCUT2D eigenvalue weighted by molar-refractivity contribution is 9.09. The zero-order valence-electron chi connectivity index (χ0n) is 19.2. The molecule has 3 unspecified atom stereocenters. The molecular formula is C25H31BrN2O6. The van der Waals surface area contributed by atoms with Gasteiger partial charge in [0.15, 0.2) is 0 Å². The van der Waals surface area contributed by atoms with E-state index < -0.39 is 54.1 Å². The quantitative estimate of drug-likeness (QED) is 0.352. The summed E-state index contributed by atoms with van der Waals surface area (Å²) in [4.78, 5) is 43.1. The van der Waals surface area contributed by atoms with Crippen LogP contribution in [-0.4, -0.2) is 80.1 Å². The van der Waals surface area contributed by atoms with E-state index in [1.807, 2.05) is 13.0 Å². The summed E-state index contributed by atoms with van der Waals surface area (Å²) in [7, 11) is 0. The molecule has 3 aliphatic heterocycles. The summed E-state index contributed by atoms with van der Waals surface area (Å²) in [5, 5.41) is 20.4. The molecule has 0 radical (unpaired) electrons. The minimum absolute atomic E-state index is 0.291. The monoisotopic (exact) mass is 534 g/mol. The van der Waals surface area contributed by atoms with Gasteiger partial charge in [-0.15, -0.1) is 6.58 Å². The standard InChI is InChI=1S/C25H31BrN2O6/c1-3-5-12-27(11-4-2)23(31)21-25-13-16(26)20(34-25)18(24(32)33)19(25)22(30)28(21)17(14-29)15-9-7-6-8-10-15/h4,6-10,16-21,29H,2-3,5,11-14H2,1H3,(H,32,33)/t16?,17-,18+,19+,20+,21?,25?/m1/s1. The van der Waals surface area contributed by atoms with Crippen LogP contribution in [-0.2, 0) is 19.1 Å². The topological polar surface area (TPSA) is 107 Å². The number of ether oxygens (including phenoxy) is 1. The summed E-state index contributed by atoms with van der Waals surface area (Å²) >= 11 is 3.55. The van der Waals surface area contributed by atoms with Crippen LogP contribution in [0, 0.1) is 11.8 Å². The lowest BCUT2D eigenvalue weighted by Crippen LogP contribution is -2.57. The first kappa shape index (κ1) is 24.9. The first-order valence-corrected chi connectivity index (χ1v) is 12.7. The lowest BCUT2D eigenvalue weighted by atomic mass is 9.70. The average molecular weight is 535 g/mol. The molecule has 7 atom stereocenters. The van der Waals surface area contributed by atoms with Crippen LogP contribution in [0.15, 0.2) is 43.0 Å². The van der Waals surface area contributed by atoms with E-state index in [0.29, 0.717) is 25.1 Å². The van der Waals surface area contributed by atoms with Crippen LogP contribution >= 0.6 is 15.9 Å². The van der Waals surface area contributed by atoms with Gasteiger partial charge < -0.3 is 24.7 Å². The van der Waals surface area contributed by atoms with Crippen molar-refractivity contribution in [3.05, 3.63) is 48.6 Å². The predicted molar refractivity (Wildman–Crippen MR) is 128 cm³/mol. The van der Waals surface area contributed by atoms with Gasteiger partial charge in [-0.1, -0.05) is 65.7 Å². The number of amides is 2. The zero-order chi connectivity index (χ0) is 24.6. The first-order valence-electron chi connectivity index (χ1n) is 11.7. The molecule has 34 heavy (non-hydrogen) atoms. The molecule has 3 heterocycles. The van der Waals surface area contributed by atoms with E-state index in [4.69, 9.17) is 4.74 Å². The van der Waals surface area contributed by atoms with Crippen molar-refractivity contribution in [2.75, 3.05) is 19.7 Å². The number of carboxylic acids is 1. The Bertz CT molecular complexity index is 958. The second kappa shape index (κ2) is 9.79. The van der Waals surface area contributed by atoms with E-state index in [2.05, 4.69) is 22.5 Å². The first-order chi connectivity index (χ1) is 16.3. The van der Waals surface area contributed by atoms with Gasteiger partial charge in [0.2, 0.25) is 11.8 Å². The zero-order valence-corrected chi connectivity index (χ0v) is 20.8. The van der Waals surface area contributed by atoms with Crippen molar-refractivity contribution >= 4 is 33.7 Å². The number of carbonyl (C=O) groups excluding carboxylic acids is 2. The molecule has 1 spiro atoms. The molecule has 9 heteroatoms. The molecule has 0 aromatic heterocycles. The minimum Gasteiger partial charge on any atom is -0.481 e. The predicted octanol–water partition coefficient (Wildman–Crippen LogP) is 2.37. The fourth-order valence-corrected chi connectivity index (χ4v) is 6.91. The molecular weight excluding hydrogens is 504 g/mol. The molecule has 4 rings (SSSR count). The number of halogens is 1. The molecule has 8 nitrogen and oxygen atoms in total. The number of carbonyl (C=O) groups is 3. The van der Waals surface area contributed by atoms with E-state index in [-0.39, 0.29) is 10.7 Å². The number of hydrogen-bond donors (Lipinski definition) is 2. The second-order valence-corrected chi connectivity index (χ2v) is 10.5. The molecule has 0 aliphatic carbocycles. The third-order valence-electron chi connectivity index (χ3n) is 7.38. The smallest absolute Gasteiger partial charge is 0.310 e. The number of nitrogens with zero attached hydrogens (tertiary/aromatic N) is 2.